The van der Waals surface area contributed by atoms with E-state index in [4.69, 9.17) is 0 Å². The monoisotopic (exact) mass is 616 g/mol. The van der Waals surface area contributed by atoms with E-state index in [1.54, 1.807) is 12.1 Å². The SMILES string of the molecule is FC(F)(F)c1cc(-c2ccc3c4c(cccc24)-c2c-3c(-c3ccccc3)c3ccccc3c2-c2ccccc2)cc(C(F)(F)F)c1. The lowest BCUT2D eigenvalue weighted by atomic mass is 9.82. The molecule has 0 spiro atoms. The van der Waals surface area contributed by atoms with Crippen molar-refractivity contribution in [3.05, 3.63) is 145 Å². The highest BCUT2D eigenvalue weighted by Crippen LogP contribution is 2.58. The summed E-state index contributed by atoms with van der Waals surface area (Å²) in [5.41, 5.74) is 5.28. The van der Waals surface area contributed by atoms with Crippen LogP contribution in [-0.2, 0) is 12.4 Å². The normalized spacial score (nSPS) is 12.6. The van der Waals surface area contributed by atoms with Crippen molar-refractivity contribution >= 4 is 21.5 Å². The number of alkyl halides is 6. The molecule has 1 aliphatic carbocycles. The molecule has 224 valence electrons. The van der Waals surface area contributed by atoms with Crippen LogP contribution in [0.1, 0.15) is 11.1 Å². The fourth-order valence-electron chi connectivity index (χ4n) is 6.97. The van der Waals surface area contributed by atoms with E-state index in [-0.39, 0.29) is 11.6 Å². The van der Waals surface area contributed by atoms with E-state index in [0.717, 1.165) is 72.8 Å². The zero-order valence-corrected chi connectivity index (χ0v) is 24.0. The smallest absolute Gasteiger partial charge is 0.166 e. The Morgan fingerprint density at radius 2 is 0.761 bits per heavy atom. The van der Waals surface area contributed by atoms with Gasteiger partial charge in [-0.1, -0.05) is 115 Å². The molecule has 7 aromatic rings. The molecule has 1 aliphatic rings. The molecule has 46 heavy (non-hydrogen) atoms. The molecule has 0 N–H and O–H groups in total. The Balaban J connectivity index is 1.51. The fraction of sp³-hybridized carbons (Fsp3) is 0.0500. The first-order chi connectivity index (χ1) is 22.1. The van der Waals surface area contributed by atoms with Crippen molar-refractivity contribution in [2.75, 3.05) is 0 Å². The molecule has 0 aliphatic heterocycles. The molecule has 0 aromatic heterocycles. The number of hydrogen-bond donors (Lipinski definition) is 0. The zero-order chi connectivity index (χ0) is 31.8. The van der Waals surface area contributed by atoms with E-state index in [2.05, 4.69) is 36.4 Å². The van der Waals surface area contributed by atoms with E-state index >= 15 is 0 Å². The van der Waals surface area contributed by atoms with Crippen LogP contribution in [0.4, 0.5) is 26.3 Å². The molecule has 6 heteroatoms. The minimum atomic E-state index is -4.95. The number of hydrogen-bond acceptors (Lipinski definition) is 0. The van der Waals surface area contributed by atoms with Crippen molar-refractivity contribution in [2.24, 2.45) is 0 Å². The Kier molecular flexibility index (Phi) is 6.16. The number of benzene rings is 7. The Hall–Kier alpha value is -5.36. The lowest BCUT2D eigenvalue weighted by Gasteiger charge is -2.20. The molecule has 8 rings (SSSR count). The molecule has 0 nitrogen and oxygen atoms in total. The summed E-state index contributed by atoms with van der Waals surface area (Å²) >= 11 is 0. The van der Waals surface area contributed by atoms with Crippen molar-refractivity contribution in [1.82, 2.24) is 0 Å². The van der Waals surface area contributed by atoms with Gasteiger partial charge in [-0.25, -0.2) is 0 Å². The summed E-state index contributed by atoms with van der Waals surface area (Å²) in [5.74, 6) is 0. The van der Waals surface area contributed by atoms with Crippen molar-refractivity contribution in [1.29, 1.82) is 0 Å². The lowest BCUT2D eigenvalue weighted by molar-refractivity contribution is -0.143. The third kappa shape index (κ3) is 4.31. The third-order valence-corrected chi connectivity index (χ3v) is 8.82. The van der Waals surface area contributed by atoms with Crippen LogP contribution in [0, 0.1) is 0 Å². The van der Waals surface area contributed by atoms with Crippen LogP contribution in [0.2, 0.25) is 0 Å². The molecular weight excluding hydrogens is 594 g/mol. The summed E-state index contributed by atoms with van der Waals surface area (Å²) in [4.78, 5) is 0. The second-order valence-corrected chi connectivity index (χ2v) is 11.5. The van der Waals surface area contributed by atoms with Crippen LogP contribution < -0.4 is 0 Å². The highest BCUT2D eigenvalue weighted by Gasteiger charge is 2.38. The zero-order valence-electron chi connectivity index (χ0n) is 24.0. The first kappa shape index (κ1) is 28.1. The minimum absolute atomic E-state index is 0.140. The van der Waals surface area contributed by atoms with Gasteiger partial charge in [-0.05, 0) is 95.4 Å². The topological polar surface area (TPSA) is 0 Å². The highest BCUT2D eigenvalue weighted by molar-refractivity contribution is 6.28. The van der Waals surface area contributed by atoms with Gasteiger partial charge < -0.3 is 0 Å². The van der Waals surface area contributed by atoms with Crippen LogP contribution in [0.3, 0.4) is 0 Å². The Morgan fingerprint density at radius 3 is 1.26 bits per heavy atom. The van der Waals surface area contributed by atoms with E-state index in [1.807, 2.05) is 66.7 Å². The molecule has 0 saturated carbocycles. The second kappa shape index (κ2) is 10.1. The summed E-state index contributed by atoms with van der Waals surface area (Å²) in [6, 6.07) is 39.1. The largest absolute Gasteiger partial charge is 0.416 e. The average Bonchev–Trinajstić information content (AvgIpc) is 3.38. The first-order valence-corrected chi connectivity index (χ1v) is 14.7. The van der Waals surface area contributed by atoms with Gasteiger partial charge in [-0.2, -0.15) is 26.3 Å². The van der Waals surface area contributed by atoms with Gasteiger partial charge in [0.15, 0.2) is 0 Å². The molecule has 0 heterocycles. The van der Waals surface area contributed by atoms with Crippen LogP contribution in [-0.4, -0.2) is 0 Å². The maximum atomic E-state index is 13.9. The maximum Gasteiger partial charge on any atom is 0.416 e. The Bertz CT molecular complexity index is 2190. The molecule has 0 saturated heterocycles. The first-order valence-electron chi connectivity index (χ1n) is 14.7. The number of halogens is 6. The molecule has 0 bridgehead atoms. The van der Waals surface area contributed by atoms with Gasteiger partial charge in [0.1, 0.15) is 0 Å². The average molecular weight is 617 g/mol. The molecule has 0 fully saturated rings. The van der Waals surface area contributed by atoms with Gasteiger partial charge >= 0.3 is 12.4 Å². The number of fused-ring (bicyclic) bond motifs is 4. The molecule has 0 radical (unpaired) electrons. The predicted molar refractivity (Wildman–Crippen MR) is 172 cm³/mol. The summed E-state index contributed by atoms with van der Waals surface area (Å²) in [7, 11) is 0. The van der Waals surface area contributed by atoms with E-state index in [0.29, 0.717) is 10.9 Å². The van der Waals surface area contributed by atoms with Crippen molar-refractivity contribution in [3.63, 3.8) is 0 Å². The quantitative estimate of drug-likeness (QED) is 0.173. The van der Waals surface area contributed by atoms with Crippen molar-refractivity contribution in [2.45, 2.75) is 12.4 Å². The van der Waals surface area contributed by atoms with Gasteiger partial charge in [0.05, 0.1) is 11.1 Å². The summed E-state index contributed by atoms with van der Waals surface area (Å²) in [6.45, 7) is 0. The van der Waals surface area contributed by atoms with Gasteiger partial charge in [-0.3, -0.25) is 0 Å². The summed E-state index contributed by atoms with van der Waals surface area (Å²) < 4.78 is 83.2. The van der Waals surface area contributed by atoms with Gasteiger partial charge in [0.25, 0.3) is 0 Å². The van der Waals surface area contributed by atoms with Crippen molar-refractivity contribution in [3.8, 4) is 55.6 Å². The summed E-state index contributed by atoms with van der Waals surface area (Å²) in [6.07, 6.45) is -9.90. The standard InChI is InChI=1S/C40H22F6/c41-39(42,43)26-20-25(21-27(22-26)40(44,45)46)28-18-19-33-36-29(28)16-9-17-32(36)37-34(23-10-3-1-4-11-23)30-14-7-8-15-31(30)35(38(33)37)24-12-5-2-6-13-24/h1-22H. The van der Waals surface area contributed by atoms with Crippen LogP contribution in [0.25, 0.3) is 77.2 Å². The lowest BCUT2D eigenvalue weighted by Crippen LogP contribution is -2.11. The minimum Gasteiger partial charge on any atom is -0.166 e. The second-order valence-electron chi connectivity index (χ2n) is 11.5. The molecule has 0 unspecified atom stereocenters. The molecule has 0 amide bonds. The molecule has 7 aromatic carbocycles. The molecular formula is C40H22F6. The fourth-order valence-corrected chi connectivity index (χ4v) is 6.97. The van der Waals surface area contributed by atoms with Gasteiger partial charge in [0.2, 0.25) is 0 Å². The van der Waals surface area contributed by atoms with E-state index in [9.17, 15) is 26.3 Å². The van der Waals surface area contributed by atoms with Gasteiger partial charge in [-0.15, -0.1) is 0 Å². The highest BCUT2D eigenvalue weighted by atomic mass is 19.4. The Morgan fingerprint density at radius 1 is 0.326 bits per heavy atom. The predicted octanol–water partition coefficient (Wildman–Crippen LogP) is 12.7. The van der Waals surface area contributed by atoms with Crippen LogP contribution in [0.15, 0.2) is 133 Å². The van der Waals surface area contributed by atoms with E-state index in [1.165, 1.54) is 0 Å². The Labute approximate surface area is 260 Å². The van der Waals surface area contributed by atoms with Crippen LogP contribution >= 0.6 is 0 Å². The molecule has 0 atom stereocenters. The van der Waals surface area contributed by atoms with Crippen molar-refractivity contribution < 1.29 is 26.3 Å². The maximum absolute atomic E-state index is 13.9. The van der Waals surface area contributed by atoms with Gasteiger partial charge in [0, 0.05) is 0 Å². The number of rotatable bonds is 3. The third-order valence-electron chi connectivity index (χ3n) is 8.82. The van der Waals surface area contributed by atoms with Crippen LogP contribution in [0.5, 0.6) is 0 Å². The summed E-state index contributed by atoms with van der Waals surface area (Å²) in [5, 5.41) is 3.47. The van der Waals surface area contributed by atoms with E-state index < -0.39 is 23.5 Å².